The minimum absolute atomic E-state index is 0.0401. The molecule has 1 amide bonds. The maximum absolute atomic E-state index is 13.9. The first-order chi connectivity index (χ1) is 41.1. The fourth-order valence-electron chi connectivity index (χ4n) is 11.3. The number of ether oxygens (including phenoxy) is 7. The van der Waals surface area contributed by atoms with Gasteiger partial charge in [-0.1, -0.05) is 160 Å². The Morgan fingerprint density at radius 1 is 0.663 bits per heavy atom. The first-order valence-electron chi connectivity index (χ1n) is 29.6. The van der Waals surface area contributed by atoms with E-state index in [1.54, 1.807) is 68.5 Å². The molecule has 2 saturated heterocycles. The normalized spacial score (nSPS) is 37.6. The van der Waals surface area contributed by atoms with E-state index in [0.29, 0.717) is 0 Å². The topological polar surface area (TPSA) is 310 Å². The van der Waals surface area contributed by atoms with Crippen molar-refractivity contribution in [3.05, 3.63) is 157 Å². The molecule has 4 aliphatic rings. The molecule has 0 unspecified atom stereocenters. The van der Waals surface area contributed by atoms with E-state index in [2.05, 4.69) is 11.9 Å². The van der Waals surface area contributed by atoms with Crippen LogP contribution >= 0.6 is 0 Å². The number of carbonyl (C=O) groups is 3. The third-order valence-electron chi connectivity index (χ3n) is 16.3. The van der Waals surface area contributed by atoms with E-state index in [9.17, 15) is 60.3 Å². The van der Waals surface area contributed by atoms with Crippen molar-refractivity contribution >= 4 is 18.0 Å². The molecule has 0 spiro atoms. The van der Waals surface area contributed by atoms with Gasteiger partial charge in [0.2, 0.25) is 0 Å². The summed E-state index contributed by atoms with van der Waals surface area (Å²) in [4.78, 5) is 40.3. The zero-order valence-electron chi connectivity index (χ0n) is 49.6. The summed E-state index contributed by atoms with van der Waals surface area (Å²) in [7, 11) is 1.27. The van der Waals surface area contributed by atoms with E-state index in [4.69, 9.17) is 33.2 Å². The van der Waals surface area contributed by atoms with Crippen molar-refractivity contribution in [3.8, 4) is 11.1 Å². The molecule has 3 aliphatic heterocycles. The van der Waals surface area contributed by atoms with Gasteiger partial charge >= 0.3 is 18.0 Å². The SMILES string of the molecule is C=CCOC(=O)[C@H]1[C@@H]2C[C@@H](O[C@@H]3O[C@H](C)[C@@H](O)[C@H](NC(=O)OCC4c5ccccc5-c5ccccc54)[C@@H]3O)/C=C/C=C/C=C/C=C/C=C/C=C/C=C/[C@H](C)[C@@H](O)[C@@H](C)[C@H](C)OC(=O)C[C@H](O)C[C@H](O)CC[C@@H](O)[C@H](O)C[C@H](O)C[C@](OC)(C[C@@H]1O)O2. The summed E-state index contributed by atoms with van der Waals surface area (Å²) < 4.78 is 41.8. The molecule has 86 heavy (non-hydrogen) atoms. The predicted octanol–water partition coefficient (Wildman–Crippen LogP) is 5.59. The van der Waals surface area contributed by atoms with Crippen LogP contribution in [0.25, 0.3) is 11.1 Å². The molecule has 2 fully saturated rings. The first kappa shape index (κ1) is 69.2. The Kier molecular flexibility index (Phi) is 27.3. The van der Waals surface area contributed by atoms with Crippen molar-refractivity contribution in [2.24, 2.45) is 17.8 Å². The van der Waals surface area contributed by atoms with Gasteiger partial charge in [-0.15, -0.1) is 0 Å². The van der Waals surface area contributed by atoms with Crippen LogP contribution in [0.15, 0.2) is 146 Å². The second kappa shape index (κ2) is 34.0. The van der Waals surface area contributed by atoms with Gasteiger partial charge in [-0.2, -0.15) is 0 Å². The summed E-state index contributed by atoms with van der Waals surface area (Å²) in [5.74, 6) is -5.83. The van der Waals surface area contributed by atoms with Gasteiger partial charge in [0.05, 0.1) is 73.5 Å². The molecule has 6 rings (SSSR count). The van der Waals surface area contributed by atoms with Crippen molar-refractivity contribution < 1.29 is 93.5 Å². The van der Waals surface area contributed by atoms with Gasteiger partial charge in [-0.05, 0) is 55.4 Å². The molecular formula is C66H89NO19. The van der Waals surface area contributed by atoms with E-state index in [1.807, 2.05) is 85.8 Å². The molecule has 19 atom stereocenters. The van der Waals surface area contributed by atoms with Crippen molar-refractivity contribution in [2.45, 2.75) is 182 Å². The highest BCUT2D eigenvalue weighted by atomic mass is 16.7. The van der Waals surface area contributed by atoms with E-state index in [0.717, 1.165) is 22.3 Å². The molecule has 1 aliphatic carbocycles. The van der Waals surface area contributed by atoms with Gasteiger partial charge in [-0.25, -0.2) is 4.79 Å². The lowest BCUT2D eigenvalue weighted by Crippen LogP contribution is -2.64. The van der Waals surface area contributed by atoms with Crippen molar-refractivity contribution in [1.82, 2.24) is 5.32 Å². The van der Waals surface area contributed by atoms with E-state index in [-0.39, 0.29) is 57.2 Å². The molecule has 0 saturated carbocycles. The van der Waals surface area contributed by atoms with Gasteiger partial charge in [0, 0.05) is 50.5 Å². The molecular weight excluding hydrogens is 1110 g/mol. The average molecular weight is 1200 g/mol. The Morgan fingerprint density at radius 2 is 1.26 bits per heavy atom. The number of alkyl carbamates (subject to hydrolysis) is 1. The van der Waals surface area contributed by atoms with Crippen LogP contribution in [0, 0.1) is 17.8 Å². The highest BCUT2D eigenvalue weighted by Crippen LogP contribution is 2.45. The van der Waals surface area contributed by atoms with Crippen LogP contribution in [0.3, 0.4) is 0 Å². The van der Waals surface area contributed by atoms with Crippen LogP contribution < -0.4 is 5.32 Å². The van der Waals surface area contributed by atoms with Gasteiger partial charge in [0.1, 0.15) is 37.4 Å². The van der Waals surface area contributed by atoms with Gasteiger partial charge in [0.15, 0.2) is 12.1 Å². The van der Waals surface area contributed by atoms with Gasteiger partial charge in [-0.3, -0.25) is 9.59 Å². The van der Waals surface area contributed by atoms with Crippen LogP contribution in [0.2, 0.25) is 0 Å². The van der Waals surface area contributed by atoms with E-state index in [1.165, 1.54) is 20.1 Å². The number of rotatable bonds is 9. The summed E-state index contributed by atoms with van der Waals surface area (Å²) >= 11 is 0. The average Bonchev–Trinajstić information content (AvgIpc) is 1.53. The minimum atomic E-state index is -1.83. The number of aliphatic hydroxyl groups excluding tert-OH is 9. The lowest BCUT2D eigenvalue weighted by atomic mass is 9.82. The standard InChI is InChI=1S/C66H89NO19/c1-7-32-81-63(78)58-55(73)38-66(80-6)37-46(70)34-54(72)53(71)31-30-44(68)33-45(69)35-57(74)83-42(4)41(3)60(75)40(2)24-18-16-14-12-10-8-9-11-13-15-17-19-25-47(36-56(58)86-66)85-64-62(77)59(61(76)43(5)84-64)67-65(79)82-39-52-50-28-22-20-26-48(50)49-27-21-23-29-51(49)52/h7-29,40-47,52-56,58-62,64,68-73,75-77H,1,30-39H2,2-6H3,(H,67,79)/b9-8+,12-10+,13-11+,16-14+,17-15+,24-18+,25-19+/t40-,41-,42-,43+,44+,45+,46-,47-,53+,54+,55-,56-,58+,59-,60+,61+,62-,64-,66+/m0/s1. The highest BCUT2D eigenvalue weighted by molar-refractivity contribution is 5.79. The molecule has 2 aromatic carbocycles. The Morgan fingerprint density at radius 3 is 1.86 bits per heavy atom. The molecule has 2 aromatic rings. The number of amides is 1. The molecule has 20 heteroatoms. The molecule has 0 aromatic heterocycles. The molecule has 0 radical (unpaired) electrons. The van der Waals surface area contributed by atoms with Crippen molar-refractivity contribution in [3.63, 3.8) is 0 Å². The summed E-state index contributed by atoms with van der Waals surface area (Å²) in [5.41, 5.74) is 4.04. The van der Waals surface area contributed by atoms with E-state index >= 15 is 0 Å². The van der Waals surface area contributed by atoms with E-state index < -0.39 is 147 Å². The fourth-order valence-corrected chi connectivity index (χ4v) is 11.3. The van der Waals surface area contributed by atoms with Crippen LogP contribution in [0.1, 0.15) is 96.1 Å². The number of nitrogens with one attached hydrogen (secondary N) is 1. The fraction of sp³-hybridized carbons (Fsp3) is 0.530. The Hall–Kier alpha value is -5.95. The second-order valence-electron chi connectivity index (χ2n) is 22.7. The molecule has 3 heterocycles. The molecule has 2 bridgehead atoms. The van der Waals surface area contributed by atoms with Gasteiger partial charge in [0.25, 0.3) is 0 Å². The smallest absolute Gasteiger partial charge is 0.407 e. The lowest BCUT2D eigenvalue weighted by molar-refractivity contribution is -0.317. The second-order valence-corrected chi connectivity index (χ2v) is 22.7. The van der Waals surface area contributed by atoms with Crippen molar-refractivity contribution in [1.29, 1.82) is 0 Å². The number of carbonyl (C=O) groups excluding carboxylic acids is 3. The number of hydrogen-bond acceptors (Lipinski definition) is 19. The largest absolute Gasteiger partial charge is 0.462 e. The summed E-state index contributed by atoms with van der Waals surface area (Å²) in [5, 5.41) is 104. The van der Waals surface area contributed by atoms with Crippen LogP contribution in [0.5, 0.6) is 0 Å². The lowest BCUT2D eigenvalue weighted by Gasteiger charge is -2.47. The minimum Gasteiger partial charge on any atom is -0.462 e. The maximum atomic E-state index is 13.9. The number of hydrogen-bond donors (Lipinski definition) is 10. The quantitative estimate of drug-likeness (QED) is 0.0831. The highest BCUT2D eigenvalue weighted by Gasteiger charge is 2.53. The Bertz CT molecular complexity index is 2660. The van der Waals surface area contributed by atoms with Crippen LogP contribution in [-0.2, 0) is 42.7 Å². The third kappa shape index (κ3) is 19.8. The Balaban J connectivity index is 1.24. The predicted molar refractivity (Wildman–Crippen MR) is 319 cm³/mol. The number of aliphatic hydroxyl groups is 9. The van der Waals surface area contributed by atoms with Crippen LogP contribution in [-0.4, -0.2) is 182 Å². The Labute approximate surface area is 504 Å². The zero-order chi connectivity index (χ0) is 62.5. The molecule has 472 valence electrons. The zero-order valence-corrected chi connectivity index (χ0v) is 49.6. The van der Waals surface area contributed by atoms with Gasteiger partial charge < -0.3 is 84.4 Å². The first-order valence-corrected chi connectivity index (χ1v) is 29.6. The number of benzene rings is 2. The van der Waals surface area contributed by atoms with Crippen molar-refractivity contribution in [2.75, 3.05) is 20.3 Å². The number of methoxy groups -OCH3 is 1. The molecule has 20 nitrogen and oxygen atoms in total. The maximum Gasteiger partial charge on any atom is 0.407 e. The number of cyclic esters (lactones) is 1. The number of allylic oxidation sites excluding steroid dienone is 12. The summed E-state index contributed by atoms with van der Waals surface area (Å²) in [6.07, 6.45) is 4.49. The summed E-state index contributed by atoms with van der Waals surface area (Å²) in [6, 6.07) is 14.3. The molecule has 10 N–H and O–H groups in total. The monoisotopic (exact) mass is 1200 g/mol. The number of fused-ring (bicyclic) bond motifs is 5. The van der Waals surface area contributed by atoms with Crippen LogP contribution in [0.4, 0.5) is 4.79 Å². The third-order valence-corrected chi connectivity index (χ3v) is 16.3. The summed E-state index contributed by atoms with van der Waals surface area (Å²) in [6.45, 7) is 10.1. The number of esters is 2.